The van der Waals surface area contributed by atoms with E-state index >= 15 is 0 Å². The minimum Gasteiger partial charge on any atom is -0.305 e. The summed E-state index contributed by atoms with van der Waals surface area (Å²) in [4.78, 5) is 14.6. The van der Waals surface area contributed by atoms with Gasteiger partial charge in [0.2, 0.25) is 0 Å². The average molecular weight is 432 g/mol. The Hall–Kier alpha value is -2.54. The molecule has 0 unspecified atom stereocenters. The fourth-order valence-electron chi connectivity index (χ4n) is 3.49. The van der Waals surface area contributed by atoms with E-state index in [4.69, 9.17) is 0 Å². The third-order valence-electron chi connectivity index (χ3n) is 4.77. The highest BCUT2D eigenvalue weighted by atomic mass is 79.9. The molecule has 0 radical (unpaired) electrons. The van der Waals surface area contributed by atoms with Gasteiger partial charge in [0, 0.05) is 11.0 Å². The zero-order valence-electron chi connectivity index (χ0n) is 14.5. The van der Waals surface area contributed by atoms with Crippen LogP contribution in [0.1, 0.15) is 28.0 Å². The number of nitrogens with zero attached hydrogens (tertiary/aromatic N) is 3. The lowest BCUT2D eigenvalue weighted by Gasteiger charge is -2.30. The summed E-state index contributed by atoms with van der Waals surface area (Å²) in [6.45, 7) is 2.13. The van der Waals surface area contributed by atoms with Crippen LogP contribution in [0.3, 0.4) is 0 Å². The van der Waals surface area contributed by atoms with Crippen molar-refractivity contribution in [1.82, 2.24) is 9.78 Å². The van der Waals surface area contributed by atoms with Gasteiger partial charge in [-0.2, -0.15) is 5.10 Å². The number of amides is 1. The molecule has 3 aromatic rings. The standard InChI is InChI=1S/C20H16BrF2N3O/c1-12-15(11-24-26(12)18-7-3-2-6-16(18)22)20(27)25-8-4-5-13-9-14(21)10-17(23)19(13)25/h2-3,6-7,9-11H,4-5,8H2,1H3. The van der Waals surface area contributed by atoms with Crippen LogP contribution in [0.25, 0.3) is 5.69 Å². The molecule has 2 heterocycles. The molecule has 4 rings (SSSR count). The number of rotatable bonds is 2. The highest BCUT2D eigenvalue weighted by molar-refractivity contribution is 9.10. The molecule has 4 nitrogen and oxygen atoms in total. The predicted molar refractivity (Wildman–Crippen MR) is 102 cm³/mol. The number of aryl methyl sites for hydroxylation is 1. The van der Waals surface area contributed by atoms with Crippen LogP contribution < -0.4 is 4.90 Å². The lowest BCUT2D eigenvalue weighted by Crippen LogP contribution is -2.36. The number of aromatic nitrogens is 2. The maximum atomic E-state index is 14.6. The van der Waals surface area contributed by atoms with Gasteiger partial charge in [-0.25, -0.2) is 13.5 Å². The fraction of sp³-hybridized carbons (Fsp3) is 0.200. The van der Waals surface area contributed by atoms with Crippen LogP contribution in [0.5, 0.6) is 0 Å². The summed E-state index contributed by atoms with van der Waals surface area (Å²) in [5.41, 5.74) is 2.21. The molecule has 0 N–H and O–H groups in total. The van der Waals surface area contributed by atoms with E-state index in [1.165, 1.54) is 27.9 Å². The minimum absolute atomic E-state index is 0.267. The molecule has 0 saturated heterocycles. The molecule has 0 aliphatic carbocycles. The van der Waals surface area contributed by atoms with Gasteiger partial charge in [-0.3, -0.25) is 4.79 Å². The molecule has 0 spiro atoms. The summed E-state index contributed by atoms with van der Waals surface area (Å²) < 4.78 is 30.7. The van der Waals surface area contributed by atoms with Gasteiger partial charge in [0.25, 0.3) is 5.91 Å². The van der Waals surface area contributed by atoms with Crippen molar-refractivity contribution in [3.05, 3.63) is 75.5 Å². The highest BCUT2D eigenvalue weighted by Gasteiger charge is 2.29. The number of benzene rings is 2. The molecule has 0 saturated carbocycles. The van der Waals surface area contributed by atoms with Gasteiger partial charge >= 0.3 is 0 Å². The smallest absolute Gasteiger partial charge is 0.261 e. The monoisotopic (exact) mass is 431 g/mol. The Balaban J connectivity index is 1.75. The van der Waals surface area contributed by atoms with Gasteiger partial charge in [-0.1, -0.05) is 28.1 Å². The van der Waals surface area contributed by atoms with Crippen molar-refractivity contribution in [3.63, 3.8) is 0 Å². The van der Waals surface area contributed by atoms with E-state index in [2.05, 4.69) is 21.0 Å². The average Bonchev–Trinajstić information content (AvgIpc) is 3.02. The highest BCUT2D eigenvalue weighted by Crippen LogP contribution is 2.34. The van der Waals surface area contributed by atoms with Crippen LogP contribution >= 0.6 is 15.9 Å². The van der Waals surface area contributed by atoms with E-state index in [0.29, 0.717) is 34.4 Å². The first-order valence-electron chi connectivity index (χ1n) is 8.56. The molecule has 0 bridgehead atoms. The van der Waals surface area contributed by atoms with Gasteiger partial charge in [0.1, 0.15) is 17.3 Å². The number of carbonyl (C=O) groups is 1. The molecular formula is C20H16BrF2N3O. The molecule has 1 aliphatic rings. The number of hydrogen-bond acceptors (Lipinski definition) is 2. The normalized spacial score (nSPS) is 13.6. The van der Waals surface area contributed by atoms with Gasteiger partial charge < -0.3 is 4.90 Å². The van der Waals surface area contributed by atoms with Gasteiger partial charge in [-0.05, 0) is 49.6 Å². The minimum atomic E-state index is -0.438. The first-order chi connectivity index (χ1) is 13.0. The third-order valence-corrected chi connectivity index (χ3v) is 5.23. The molecule has 2 aromatic carbocycles. The van der Waals surface area contributed by atoms with Crippen LogP contribution in [-0.4, -0.2) is 22.2 Å². The van der Waals surface area contributed by atoms with Crippen molar-refractivity contribution in [2.24, 2.45) is 0 Å². The van der Waals surface area contributed by atoms with Crippen molar-refractivity contribution in [2.45, 2.75) is 19.8 Å². The van der Waals surface area contributed by atoms with Gasteiger partial charge in [0.05, 0.1) is 23.1 Å². The van der Waals surface area contributed by atoms with Crippen LogP contribution in [-0.2, 0) is 6.42 Å². The van der Waals surface area contributed by atoms with E-state index in [0.717, 1.165) is 12.0 Å². The van der Waals surface area contributed by atoms with Gasteiger partial charge in [0.15, 0.2) is 0 Å². The third kappa shape index (κ3) is 3.06. The molecule has 138 valence electrons. The van der Waals surface area contributed by atoms with Crippen molar-refractivity contribution in [3.8, 4) is 5.69 Å². The summed E-state index contributed by atoms with van der Waals surface area (Å²) >= 11 is 3.30. The van der Waals surface area contributed by atoms with Crippen molar-refractivity contribution >= 4 is 27.5 Å². The summed E-state index contributed by atoms with van der Waals surface area (Å²) in [7, 11) is 0. The molecule has 27 heavy (non-hydrogen) atoms. The molecule has 1 amide bonds. The summed E-state index contributed by atoms with van der Waals surface area (Å²) in [6.07, 6.45) is 2.87. The largest absolute Gasteiger partial charge is 0.305 e. The second-order valence-electron chi connectivity index (χ2n) is 6.46. The number of carbonyl (C=O) groups excluding carboxylic acids is 1. The molecule has 0 atom stereocenters. The van der Waals surface area contributed by atoms with Crippen molar-refractivity contribution in [1.29, 1.82) is 0 Å². The second-order valence-corrected chi connectivity index (χ2v) is 7.38. The molecule has 0 fully saturated rings. The molecule has 1 aliphatic heterocycles. The first kappa shape index (κ1) is 17.9. The van der Waals surface area contributed by atoms with Crippen LogP contribution in [0.15, 0.2) is 47.1 Å². The first-order valence-corrected chi connectivity index (χ1v) is 9.36. The number of para-hydroxylation sites is 1. The topological polar surface area (TPSA) is 38.1 Å². The second kappa shape index (κ2) is 6.88. The lowest BCUT2D eigenvalue weighted by atomic mass is 10.0. The lowest BCUT2D eigenvalue weighted by molar-refractivity contribution is 0.0983. The van der Waals surface area contributed by atoms with E-state index < -0.39 is 11.6 Å². The Morgan fingerprint density at radius 2 is 1.96 bits per heavy atom. The van der Waals surface area contributed by atoms with Crippen LogP contribution in [0.4, 0.5) is 14.5 Å². The Bertz CT molecular complexity index is 1050. The Labute approximate surface area is 163 Å². The van der Waals surface area contributed by atoms with Crippen molar-refractivity contribution in [2.75, 3.05) is 11.4 Å². The molecular weight excluding hydrogens is 416 g/mol. The van der Waals surface area contributed by atoms with Crippen LogP contribution in [0.2, 0.25) is 0 Å². The van der Waals surface area contributed by atoms with E-state index in [-0.39, 0.29) is 11.6 Å². The zero-order valence-corrected chi connectivity index (χ0v) is 16.1. The summed E-state index contributed by atoms with van der Waals surface area (Å²) in [5, 5.41) is 4.18. The Kier molecular flexibility index (Phi) is 4.55. The summed E-state index contributed by atoms with van der Waals surface area (Å²) in [5.74, 6) is -1.20. The Morgan fingerprint density at radius 3 is 2.74 bits per heavy atom. The molecule has 7 heteroatoms. The maximum Gasteiger partial charge on any atom is 0.261 e. The number of anilines is 1. The zero-order chi connectivity index (χ0) is 19.1. The van der Waals surface area contributed by atoms with Crippen molar-refractivity contribution < 1.29 is 13.6 Å². The predicted octanol–water partition coefficient (Wildman–Crippen LogP) is 4.81. The van der Waals surface area contributed by atoms with Gasteiger partial charge in [-0.15, -0.1) is 0 Å². The van der Waals surface area contributed by atoms with E-state index in [9.17, 15) is 13.6 Å². The van der Waals surface area contributed by atoms with E-state index in [1.807, 2.05) is 6.07 Å². The summed E-state index contributed by atoms with van der Waals surface area (Å²) in [6, 6.07) is 9.43. The molecule has 1 aromatic heterocycles. The van der Waals surface area contributed by atoms with E-state index in [1.54, 1.807) is 25.1 Å². The number of halogens is 3. The Morgan fingerprint density at radius 1 is 1.19 bits per heavy atom. The number of hydrogen-bond donors (Lipinski definition) is 0. The number of fused-ring (bicyclic) bond motifs is 1. The maximum absolute atomic E-state index is 14.6. The fourth-order valence-corrected chi connectivity index (χ4v) is 3.96. The SMILES string of the molecule is Cc1c(C(=O)N2CCCc3cc(Br)cc(F)c32)cnn1-c1ccccc1F. The van der Waals surface area contributed by atoms with Crippen LogP contribution in [0, 0.1) is 18.6 Å². The quantitative estimate of drug-likeness (QED) is 0.583.